The Morgan fingerprint density at radius 1 is 1.19 bits per heavy atom. The number of benzene rings is 1. The van der Waals surface area contributed by atoms with Gasteiger partial charge in [-0.15, -0.1) is 0 Å². The van der Waals surface area contributed by atoms with Gasteiger partial charge in [0.1, 0.15) is 36.4 Å². The first kappa shape index (κ1) is 26.0. The van der Waals surface area contributed by atoms with Crippen LogP contribution >= 0.6 is 27.5 Å². The normalized spacial score (nSPS) is 24.0. The van der Waals surface area contributed by atoms with Crippen LogP contribution in [0.3, 0.4) is 0 Å². The summed E-state index contributed by atoms with van der Waals surface area (Å²) in [4.78, 5) is 9.38. The van der Waals surface area contributed by atoms with Gasteiger partial charge in [0.2, 0.25) is 0 Å². The minimum absolute atomic E-state index is 0.171. The van der Waals surface area contributed by atoms with Crippen LogP contribution in [0.1, 0.15) is 0 Å². The van der Waals surface area contributed by atoms with Crippen molar-refractivity contribution in [3.63, 3.8) is 0 Å². The van der Waals surface area contributed by atoms with Crippen LogP contribution in [0.5, 0.6) is 6.01 Å². The van der Waals surface area contributed by atoms with Gasteiger partial charge < -0.3 is 24.1 Å². The van der Waals surface area contributed by atoms with E-state index in [4.69, 9.17) is 35.5 Å². The first-order valence-electron chi connectivity index (χ1n) is 11.8. The number of aliphatic hydroxyl groups excluding tert-OH is 1. The number of aliphatic hydroxyl groups is 1. The van der Waals surface area contributed by atoms with Crippen molar-refractivity contribution in [2.75, 3.05) is 19.8 Å². The number of hydrogen-bond acceptors (Lipinski definition) is 7. The van der Waals surface area contributed by atoms with E-state index < -0.39 is 32.2 Å². The Kier molecular flexibility index (Phi) is 7.43. The molecule has 194 valence electrons. The number of aromatic nitrogens is 3. The zero-order chi connectivity index (χ0) is 25.6. The SMILES string of the molecule is C[Si](C)(C)CCOCn1c(O[C@@H]2CO[C@H]3[C@@H]2OC[C@H]3O)nc2cc(Cl)c(-c3ccc(Br)c(F)c3)nc21. The number of fused-ring (bicyclic) bond motifs is 2. The molecule has 2 fully saturated rings. The lowest BCUT2D eigenvalue weighted by atomic mass is 10.1. The molecule has 2 aliphatic rings. The third-order valence-corrected chi connectivity index (χ3v) is 8.92. The van der Waals surface area contributed by atoms with Gasteiger partial charge >= 0.3 is 6.01 Å². The molecule has 4 atom stereocenters. The molecule has 0 unspecified atom stereocenters. The number of halogens is 3. The van der Waals surface area contributed by atoms with Gasteiger partial charge in [0, 0.05) is 20.2 Å². The molecule has 36 heavy (non-hydrogen) atoms. The molecule has 0 aliphatic carbocycles. The fourth-order valence-corrected chi connectivity index (χ4v) is 5.53. The topological polar surface area (TPSA) is 87.9 Å². The number of pyridine rings is 1. The Morgan fingerprint density at radius 2 is 1.97 bits per heavy atom. The molecule has 3 aromatic rings. The van der Waals surface area contributed by atoms with Gasteiger partial charge in [0.05, 0.1) is 28.4 Å². The summed E-state index contributed by atoms with van der Waals surface area (Å²) < 4.78 is 40.0. The molecule has 0 saturated carbocycles. The molecule has 2 aliphatic heterocycles. The summed E-state index contributed by atoms with van der Waals surface area (Å²) >= 11 is 9.73. The molecule has 8 nitrogen and oxygen atoms in total. The summed E-state index contributed by atoms with van der Waals surface area (Å²) in [7, 11) is -1.28. The molecule has 12 heteroatoms. The average molecular weight is 601 g/mol. The molecule has 0 amide bonds. The fourth-order valence-electron chi connectivity index (χ4n) is 4.27. The Bertz CT molecular complexity index is 1270. The maximum atomic E-state index is 14.2. The average Bonchev–Trinajstić information content (AvgIpc) is 3.48. The Labute approximate surface area is 222 Å². The second kappa shape index (κ2) is 10.3. The summed E-state index contributed by atoms with van der Waals surface area (Å²) in [5.41, 5.74) is 1.99. The quantitative estimate of drug-likeness (QED) is 0.292. The van der Waals surface area contributed by atoms with Crippen molar-refractivity contribution < 1.29 is 28.4 Å². The van der Waals surface area contributed by atoms with Gasteiger partial charge in [-0.3, -0.25) is 4.57 Å². The first-order chi connectivity index (χ1) is 17.1. The third kappa shape index (κ3) is 5.33. The summed E-state index contributed by atoms with van der Waals surface area (Å²) in [5, 5.41) is 10.4. The van der Waals surface area contributed by atoms with E-state index in [1.54, 1.807) is 22.8 Å². The third-order valence-electron chi connectivity index (χ3n) is 6.29. The van der Waals surface area contributed by atoms with Crippen molar-refractivity contribution in [2.24, 2.45) is 0 Å². The van der Waals surface area contributed by atoms with Crippen LogP contribution in [0.25, 0.3) is 22.4 Å². The highest BCUT2D eigenvalue weighted by molar-refractivity contribution is 9.10. The van der Waals surface area contributed by atoms with Crippen molar-refractivity contribution in [3.8, 4) is 17.3 Å². The van der Waals surface area contributed by atoms with E-state index in [-0.39, 0.29) is 26.0 Å². The molecule has 1 N–H and O–H groups in total. The van der Waals surface area contributed by atoms with Crippen molar-refractivity contribution in [1.29, 1.82) is 0 Å². The second-order valence-electron chi connectivity index (χ2n) is 10.3. The van der Waals surface area contributed by atoms with Crippen LogP contribution in [-0.4, -0.2) is 72.0 Å². The van der Waals surface area contributed by atoms with Crippen molar-refractivity contribution in [1.82, 2.24) is 14.5 Å². The van der Waals surface area contributed by atoms with Crippen LogP contribution in [0.2, 0.25) is 30.7 Å². The molecule has 1 aromatic carbocycles. The number of rotatable bonds is 8. The fraction of sp³-hybridized carbons (Fsp3) is 0.500. The summed E-state index contributed by atoms with van der Waals surface area (Å²) in [6, 6.07) is 7.73. The lowest BCUT2D eigenvalue weighted by Gasteiger charge is -2.19. The van der Waals surface area contributed by atoms with Crippen LogP contribution in [0.15, 0.2) is 28.7 Å². The number of hydrogen-bond donors (Lipinski definition) is 1. The number of imidazole rings is 1. The van der Waals surface area contributed by atoms with Gasteiger partial charge in [-0.05, 0) is 40.2 Å². The van der Waals surface area contributed by atoms with E-state index in [1.807, 2.05) is 0 Å². The monoisotopic (exact) mass is 599 g/mol. The first-order valence-corrected chi connectivity index (χ1v) is 16.7. The highest BCUT2D eigenvalue weighted by atomic mass is 79.9. The van der Waals surface area contributed by atoms with E-state index in [0.717, 1.165) is 6.04 Å². The molecule has 2 saturated heterocycles. The van der Waals surface area contributed by atoms with Gasteiger partial charge in [-0.2, -0.15) is 4.98 Å². The van der Waals surface area contributed by atoms with E-state index in [9.17, 15) is 9.50 Å². The second-order valence-corrected chi connectivity index (χ2v) is 17.2. The Morgan fingerprint density at radius 3 is 2.72 bits per heavy atom. The lowest BCUT2D eigenvalue weighted by molar-refractivity contribution is 0.00336. The predicted molar refractivity (Wildman–Crippen MR) is 140 cm³/mol. The largest absolute Gasteiger partial charge is 0.456 e. The van der Waals surface area contributed by atoms with Crippen molar-refractivity contribution in [2.45, 2.75) is 56.8 Å². The van der Waals surface area contributed by atoms with Crippen LogP contribution < -0.4 is 4.74 Å². The van der Waals surface area contributed by atoms with Crippen LogP contribution in [0.4, 0.5) is 4.39 Å². The maximum Gasteiger partial charge on any atom is 0.301 e. The van der Waals surface area contributed by atoms with Gasteiger partial charge in [0.25, 0.3) is 0 Å². The molecule has 0 bridgehead atoms. The van der Waals surface area contributed by atoms with Crippen LogP contribution in [0, 0.1) is 5.82 Å². The molecule has 4 heterocycles. The summed E-state index contributed by atoms with van der Waals surface area (Å²) in [6.07, 6.45) is -1.94. The smallest absolute Gasteiger partial charge is 0.301 e. The molecule has 5 rings (SSSR count). The van der Waals surface area contributed by atoms with Gasteiger partial charge in [0.15, 0.2) is 11.8 Å². The Balaban J connectivity index is 1.49. The minimum Gasteiger partial charge on any atom is -0.456 e. The number of nitrogens with zero attached hydrogens (tertiary/aromatic N) is 3. The van der Waals surface area contributed by atoms with E-state index in [1.165, 1.54) is 6.07 Å². The van der Waals surface area contributed by atoms with Gasteiger partial charge in [-0.25, -0.2) is 9.37 Å². The Hall–Kier alpha value is -1.60. The van der Waals surface area contributed by atoms with E-state index in [2.05, 4.69) is 40.6 Å². The molecular weight excluding hydrogens is 573 g/mol. The summed E-state index contributed by atoms with van der Waals surface area (Å²) in [5.74, 6) is -0.410. The number of ether oxygens (including phenoxy) is 4. The molecule has 0 spiro atoms. The molecule has 0 radical (unpaired) electrons. The van der Waals surface area contributed by atoms with E-state index >= 15 is 0 Å². The van der Waals surface area contributed by atoms with Crippen molar-refractivity contribution >= 4 is 46.8 Å². The highest BCUT2D eigenvalue weighted by Crippen LogP contribution is 2.34. The molecule has 2 aromatic heterocycles. The van der Waals surface area contributed by atoms with E-state index in [0.29, 0.717) is 44.5 Å². The standard InChI is InChI=1S/C24H28BrClFN3O5Si/c1-36(2,3)7-6-32-12-30-23-17(9-15(26)20(29-23)13-4-5-14(25)16(27)8-13)28-24(30)35-19-11-34-21-18(31)10-33-22(19)21/h4-5,8-9,18-19,21-22,31H,6-7,10-12H2,1-3H3/t18-,19-,21-,22-/m1/s1. The zero-order valence-corrected chi connectivity index (χ0v) is 23.6. The minimum atomic E-state index is -1.28. The highest BCUT2D eigenvalue weighted by Gasteiger charge is 2.49. The van der Waals surface area contributed by atoms with Gasteiger partial charge in [-0.1, -0.05) is 37.3 Å². The summed E-state index contributed by atoms with van der Waals surface area (Å²) in [6.45, 7) is 8.11. The lowest BCUT2D eigenvalue weighted by Crippen LogP contribution is -2.35. The molecular formula is C24H28BrClFN3O5Si. The zero-order valence-electron chi connectivity index (χ0n) is 20.2. The maximum absolute atomic E-state index is 14.2. The predicted octanol–water partition coefficient (Wildman–Crippen LogP) is 4.87. The van der Waals surface area contributed by atoms with Crippen molar-refractivity contribution in [3.05, 3.63) is 39.6 Å². The van der Waals surface area contributed by atoms with Crippen LogP contribution in [-0.2, 0) is 20.9 Å².